The average molecular weight is 331 g/mol. The molecule has 0 aliphatic heterocycles. The number of carbonyl (C=O) groups excluding carboxylic acids is 2. The molecule has 0 unspecified atom stereocenters. The quantitative estimate of drug-likeness (QED) is 0.717. The van der Waals surface area contributed by atoms with Crippen LogP contribution in [-0.4, -0.2) is 28.3 Å². The van der Waals surface area contributed by atoms with E-state index in [0.717, 1.165) is 19.3 Å². The van der Waals surface area contributed by atoms with Crippen molar-refractivity contribution in [3.63, 3.8) is 0 Å². The zero-order valence-corrected chi connectivity index (χ0v) is 14.1. The zero-order valence-electron chi connectivity index (χ0n) is 14.1. The molecule has 0 aromatic heterocycles. The first-order valence-corrected chi connectivity index (χ1v) is 8.59. The maximum atomic E-state index is 12.2. The van der Waals surface area contributed by atoms with E-state index in [9.17, 15) is 14.4 Å². The highest BCUT2D eigenvalue weighted by atomic mass is 16.4. The van der Waals surface area contributed by atoms with Crippen molar-refractivity contribution in [2.24, 2.45) is 0 Å². The van der Waals surface area contributed by atoms with E-state index in [1.165, 1.54) is 5.56 Å². The Bertz CT molecular complexity index is 600. The number of carbonyl (C=O) groups is 3. The lowest BCUT2D eigenvalue weighted by Crippen LogP contribution is -2.47. The second-order valence-electron chi connectivity index (χ2n) is 6.58. The summed E-state index contributed by atoms with van der Waals surface area (Å²) in [6.07, 6.45) is 4.34. The third-order valence-electron chi connectivity index (χ3n) is 4.72. The van der Waals surface area contributed by atoms with Crippen LogP contribution in [0.1, 0.15) is 67.8 Å². The molecule has 2 N–H and O–H groups in total. The number of nitrogens with one attached hydrogen (secondary N) is 1. The number of carboxylic acids is 1. The predicted octanol–water partition coefficient (Wildman–Crippen LogP) is 3.12. The molecule has 130 valence electrons. The molecule has 0 bridgehead atoms. The van der Waals surface area contributed by atoms with Gasteiger partial charge < -0.3 is 10.4 Å². The van der Waals surface area contributed by atoms with E-state index in [4.69, 9.17) is 5.11 Å². The SMILES string of the molecule is CCc1ccc(C(=O)CCC(=O)NC2(CC(=O)O)CCCC2)cc1. The molecule has 24 heavy (non-hydrogen) atoms. The first-order chi connectivity index (χ1) is 11.4. The number of hydrogen-bond donors (Lipinski definition) is 2. The van der Waals surface area contributed by atoms with Gasteiger partial charge >= 0.3 is 5.97 Å². The van der Waals surface area contributed by atoms with Gasteiger partial charge in [-0.1, -0.05) is 44.0 Å². The summed E-state index contributed by atoms with van der Waals surface area (Å²) in [6.45, 7) is 2.05. The van der Waals surface area contributed by atoms with Crippen molar-refractivity contribution in [2.45, 2.75) is 63.8 Å². The second kappa shape index (κ2) is 8.08. The molecule has 1 amide bonds. The third-order valence-corrected chi connectivity index (χ3v) is 4.72. The van der Waals surface area contributed by atoms with Gasteiger partial charge in [-0.25, -0.2) is 0 Å². The fraction of sp³-hybridized carbons (Fsp3) is 0.526. The van der Waals surface area contributed by atoms with Crippen molar-refractivity contribution in [2.75, 3.05) is 0 Å². The number of aliphatic carboxylic acids is 1. The van der Waals surface area contributed by atoms with Crippen molar-refractivity contribution >= 4 is 17.7 Å². The Morgan fingerprint density at radius 1 is 1.08 bits per heavy atom. The molecule has 5 nitrogen and oxygen atoms in total. The molecule has 0 spiro atoms. The van der Waals surface area contributed by atoms with Gasteiger partial charge in [0.05, 0.1) is 12.0 Å². The minimum atomic E-state index is -0.899. The summed E-state index contributed by atoms with van der Waals surface area (Å²) in [4.78, 5) is 35.4. The molecule has 1 aliphatic carbocycles. The summed E-state index contributed by atoms with van der Waals surface area (Å²) in [5.41, 5.74) is 1.15. The topological polar surface area (TPSA) is 83.5 Å². The Morgan fingerprint density at radius 3 is 2.25 bits per heavy atom. The van der Waals surface area contributed by atoms with Crippen LogP contribution in [0.5, 0.6) is 0 Å². The van der Waals surface area contributed by atoms with Gasteiger partial charge in [-0.2, -0.15) is 0 Å². The van der Waals surface area contributed by atoms with Crippen LogP contribution >= 0.6 is 0 Å². The van der Waals surface area contributed by atoms with Crippen molar-refractivity contribution in [1.29, 1.82) is 0 Å². The van der Waals surface area contributed by atoms with Crippen LogP contribution in [0.2, 0.25) is 0 Å². The van der Waals surface area contributed by atoms with Crippen LogP contribution in [0, 0.1) is 0 Å². The van der Waals surface area contributed by atoms with Crippen LogP contribution < -0.4 is 5.32 Å². The normalized spacial score (nSPS) is 15.9. The molecule has 0 saturated heterocycles. The summed E-state index contributed by atoms with van der Waals surface area (Å²) in [6, 6.07) is 7.44. The molecule has 0 atom stereocenters. The summed E-state index contributed by atoms with van der Waals surface area (Å²) in [5.74, 6) is -1.20. The smallest absolute Gasteiger partial charge is 0.305 e. The third kappa shape index (κ3) is 4.91. The summed E-state index contributed by atoms with van der Waals surface area (Å²) < 4.78 is 0. The van der Waals surface area contributed by atoms with Crippen LogP contribution in [-0.2, 0) is 16.0 Å². The Labute approximate surface area is 142 Å². The first kappa shape index (κ1) is 18.2. The lowest BCUT2D eigenvalue weighted by atomic mass is 9.92. The van der Waals surface area contributed by atoms with Crippen LogP contribution in [0.15, 0.2) is 24.3 Å². The Hall–Kier alpha value is -2.17. The highest BCUT2D eigenvalue weighted by molar-refractivity contribution is 5.98. The van der Waals surface area contributed by atoms with Gasteiger partial charge in [0.15, 0.2) is 5.78 Å². The van der Waals surface area contributed by atoms with E-state index in [-0.39, 0.29) is 31.0 Å². The van der Waals surface area contributed by atoms with Crippen molar-refractivity contribution in [1.82, 2.24) is 5.32 Å². The van der Waals surface area contributed by atoms with Crippen molar-refractivity contribution in [3.05, 3.63) is 35.4 Å². The van der Waals surface area contributed by atoms with E-state index in [2.05, 4.69) is 12.2 Å². The van der Waals surface area contributed by atoms with E-state index in [1.54, 1.807) is 12.1 Å². The standard InChI is InChI=1S/C19H25NO4/c1-2-14-5-7-15(8-6-14)16(21)9-10-17(22)20-19(13-18(23)24)11-3-4-12-19/h5-8H,2-4,9-13H2,1H3,(H,20,22)(H,23,24). The van der Waals surface area contributed by atoms with Gasteiger partial charge in [-0.3, -0.25) is 14.4 Å². The number of Topliss-reactive ketones (excluding diaryl/α,β-unsaturated/α-hetero) is 1. The molecule has 1 aromatic carbocycles. The average Bonchev–Trinajstić information content (AvgIpc) is 2.99. The van der Waals surface area contributed by atoms with E-state index in [1.807, 2.05) is 12.1 Å². The van der Waals surface area contributed by atoms with Crippen LogP contribution in [0.25, 0.3) is 0 Å². The van der Waals surface area contributed by atoms with Crippen molar-refractivity contribution < 1.29 is 19.5 Å². The molecule has 1 aromatic rings. The molecule has 5 heteroatoms. The van der Waals surface area contributed by atoms with E-state index < -0.39 is 11.5 Å². The highest BCUT2D eigenvalue weighted by Gasteiger charge is 2.37. The maximum Gasteiger partial charge on any atom is 0.305 e. The van der Waals surface area contributed by atoms with E-state index >= 15 is 0 Å². The van der Waals surface area contributed by atoms with Gasteiger partial charge in [0.25, 0.3) is 0 Å². The van der Waals surface area contributed by atoms with Crippen molar-refractivity contribution in [3.8, 4) is 0 Å². The number of benzene rings is 1. The molecule has 0 radical (unpaired) electrons. The molecule has 1 fully saturated rings. The summed E-state index contributed by atoms with van der Waals surface area (Å²) >= 11 is 0. The minimum absolute atomic E-state index is 0.0504. The lowest BCUT2D eigenvalue weighted by molar-refractivity contribution is -0.139. The lowest BCUT2D eigenvalue weighted by Gasteiger charge is -2.28. The summed E-state index contributed by atoms with van der Waals surface area (Å²) in [5, 5.41) is 11.9. The monoisotopic (exact) mass is 331 g/mol. The fourth-order valence-electron chi connectivity index (χ4n) is 3.34. The number of aryl methyl sites for hydroxylation is 1. The minimum Gasteiger partial charge on any atom is -0.481 e. The number of ketones is 1. The largest absolute Gasteiger partial charge is 0.481 e. The zero-order chi connectivity index (χ0) is 17.6. The van der Waals surface area contributed by atoms with Gasteiger partial charge in [-0.15, -0.1) is 0 Å². The number of hydrogen-bond acceptors (Lipinski definition) is 3. The predicted molar refractivity (Wildman–Crippen MR) is 91.0 cm³/mol. The van der Waals surface area contributed by atoms with Crippen LogP contribution in [0.3, 0.4) is 0 Å². The van der Waals surface area contributed by atoms with E-state index in [0.29, 0.717) is 18.4 Å². The van der Waals surface area contributed by atoms with Gasteiger partial charge in [0.1, 0.15) is 0 Å². The Morgan fingerprint density at radius 2 is 1.71 bits per heavy atom. The molecule has 2 rings (SSSR count). The molecule has 0 heterocycles. The number of rotatable bonds is 8. The Kier molecular flexibility index (Phi) is 6.12. The van der Waals surface area contributed by atoms with Crippen LogP contribution in [0.4, 0.5) is 0 Å². The molecule has 1 saturated carbocycles. The maximum absolute atomic E-state index is 12.2. The summed E-state index contributed by atoms with van der Waals surface area (Å²) in [7, 11) is 0. The molecule has 1 aliphatic rings. The first-order valence-electron chi connectivity index (χ1n) is 8.59. The fourth-order valence-corrected chi connectivity index (χ4v) is 3.34. The molecular formula is C19H25NO4. The Balaban J connectivity index is 1.87. The van der Waals surface area contributed by atoms with Gasteiger partial charge in [0.2, 0.25) is 5.91 Å². The number of carboxylic acid groups (broad SMARTS) is 1. The van der Waals surface area contributed by atoms with Gasteiger partial charge in [-0.05, 0) is 24.8 Å². The number of amides is 1. The highest BCUT2D eigenvalue weighted by Crippen LogP contribution is 2.32. The second-order valence-corrected chi connectivity index (χ2v) is 6.58. The van der Waals surface area contributed by atoms with Gasteiger partial charge in [0, 0.05) is 18.4 Å². The molecular weight excluding hydrogens is 306 g/mol.